The average Bonchev–Trinajstić information content (AvgIpc) is 3.36. The molecule has 0 radical (unpaired) electrons. The van der Waals surface area contributed by atoms with E-state index in [4.69, 9.17) is 9.47 Å². The Balaban J connectivity index is 1.26. The van der Waals surface area contributed by atoms with Crippen LogP contribution in [-0.2, 0) is 0 Å². The fraction of sp³-hybridized carbons (Fsp3) is 0.389. The largest absolute Gasteiger partial charge is 0.454 e. The second kappa shape index (κ2) is 7.47. The van der Waals surface area contributed by atoms with Crippen LogP contribution >= 0.6 is 0 Å². The maximum atomic E-state index is 12.2. The van der Waals surface area contributed by atoms with Crippen LogP contribution in [0.15, 0.2) is 30.6 Å². The first-order valence-corrected chi connectivity index (χ1v) is 8.78. The first kappa shape index (κ1) is 16.4. The average molecular weight is 355 g/mol. The highest BCUT2D eigenvalue weighted by Crippen LogP contribution is 2.32. The number of nitrogens with zero attached hydrogens (tertiary/aromatic N) is 3. The monoisotopic (exact) mass is 355 g/mol. The van der Waals surface area contributed by atoms with Crippen molar-refractivity contribution in [2.75, 3.05) is 43.2 Å². The van der Waals surface area contributed by atoms with Crippen LogP contribution in [0.5, 0.6) is 11.5 Å². The van der Waals surface area contributed by atoms with E-state index in [-0.39, 0.29) is 12.7 Å². The van der Waals surface area contributed by atoms with Gasteiger partial charge >= 0.3 is 0 Å². The summed E-state index contributed by atoms with van der Waals surface area (Å²) in [7, 11) is 0. The summed E-state index contributed by atoms with van der Waals surface area (Å²) in [6, 6.07) is 7.11. The third kappa shape index (κ3) is 3.63. The number of hydrogen-bond acceptors (Lipinski definition) is 7. The molecular weight excluding hydrogens is 334 g/mol. The zero-order chi connectivity index (χ0) is 17.8. The number of carbonyl (C=O) groups is 1. The van der Waals surface area contributed by atoms with E-state index in [2.05, 4.69) is 25.5 Å². The molecular formula is C18H21N5O3. The smallest absolute Gasteiger partial charge is 0.251 e. The minimum atomic E-state index is -0.148. The number of ether oxygens (including phenoxy) is 2. The molecule has 1 saturated heterocycles. The van der Waals surface area contributed by atoms with E-state index in [9.17, 15) is 4.79 Å². The third-order valence-electron chi connectivity index (χ3n) is 4.43. The molecule has 0 aliphatic carbocycles. The van der Waals surface area contributed by atoms with Crippen molar-refractivity contribution in [2.24, 2.45) is 0 Å². The number of fused-ring (bicyclic) bond motifs is 1. The second-order valence-corrected chi connectivity index (χ2v) is 6.21. The fourth-order valence-corrected chi connectivity index (χ4v) is 3.07. The lowest BCUT2D eigenvalue weighted by Gasteiger charge is -2.16. The molecule has 8 nitrogen and oxygen atoms in total. The third-order valence-corrected chi connectivity index (χ3v) is 4.43. The normalized spacial score (nSPS) is 15.2. The van der Waals surface area contributed by atoms with Crippen LogP contribution in [0.4, 0.5) is 11.6 Å². The Morgan fingerprint density at radius 2 is 1.92 bits per heavy atom. The lowest BCUT2D eigenvalue weighted by Crippen LogP contribution is -2.29. The number of carbonyl (C=O) groups excluding carboxylic acids is 1. The van der Waals surface area contributed by atoms with Crippen molar-refractivity contribution in [3.63, 3.8) is 0 Å². The van der Waals surface area contributed by atoms with Gasteiger partial charge in [-0.2, -0.15) is 0 Å². The van der Waals surface area contributed by atoms with Crippen LogP contribution in [0.3, 0.4) is 0 Å². The van der Waals surface area contributed by atoms with Gasteiger partial charge in [0, 0.05) is 37.8 Å². The molecule has 4 rings (SSSR count). The van der Waals surface area contributed by atoms with Gasteiger partial charge in [-0.25, -0.2) is 9.97 Å². The van der Waals surface area contributed by atoms with Gasteiger partial charge in [0.1, 0.15) is 18.0 Å². The molecule has 2 N–H and O–H groups in total. The van der Waals surface area contributed by atoms with Crippen molar-refractivity contribution in [2.45, 2.75) is 12.8 Å². The zero-order valence-corrected chi connectivity index (χ0v) is 14.4. The first-order chi connectivity index (χ1) is 12.8. The van der Waals surface area contributed by atoms with Crippen molar-refractivity contribution in [3.05, 3.63) is 36.2 Å². The molecule has 3 heterocycles. The first-order valence-electron chi connectivity index (χ1n) is 8.78. The van der Waals surface area contributed by atoms with Crippen molar-refractivity contribution in [1.82, 2.24) is 15.3 Å². The fourth-order valence-electron chi connectivity index (χ4n) is 3.07. The quantitative estimate of drug-likeness (QED) is 0.762. The molecule has 0 bridgehead atoms. The van der Waals surface area contributed by atoms with E-state index >= 15 is 0 Å². The van der Waals surface area contributed by atoms with E-state index in [1.807, 2.05) is 6.07 Å². The maximum Gasteiger partial charge on any atom is 0.251 e. The summed E-state index contributed by atoms with van der Waals surface area (Å²) in [5.41, 5.74) is 0.549. The van der Waals surface area contributed by atoms with Gasteiger partial charge in [0.25, 0.3) is 5.91 Å². The topological polar surface area (TPSA) is 88.6 Å². The molecule has 26 heavy (non-hydrogen) atoms. The molecule has 1 aromatic heterocycles. The molecule has 1 aromatic carbocycles. The van der Waals surface area contributed by atoms with Crippen molar-refractivity contribution >= 4 is 17.5 Å². The summed E-state index contributed by atoms with van der Waals surface area (Å²) >= 11 is 0. The molecule has 0 saturated carbocycles. The molecule has 8 heteroatoms. The Labute approximate surface area is 151 Å². The summed E-state index contributed by atoms with van der Waals surface area (Å²) in [5.74, 6) is 2.83. The Kier molecular flexibility index (Phi) is 4.72. The summed E-state index contributed by atoms with van der Waals surface area (Å²) in [5, 5.41) is 6.10. The molecule has 1 fully saturated rings. The molecule has 1 amide bonds. The van der Waals surface area contributed by atoms with Crippen LogP contribution < -0.4 is 25.0 Å². The summed E-state index contributed by atoms with van der Waals surface area (Å²) in [6.45, 7) is 3.34. The molecule has 136 valence electrons. The van der Waals surface area contributed by atoms with Gasteiger partial charge in [-0.05, 0) is 31.0 Å². The molecule has 2 aliphatic heterocycles. The number of amides is 1. The molecule has 0 spiro atoms. The Morgan fingerprint density at radius 3 is 2.81 bits per heavy atom. The number of nitrogens with one attached hydrogen (secondary N) is 2. The van der Waals surface area contributed by atoms with E-state index < -0.39 is 0 Å². The zero-order valence-electron chi connectivity index (χ0n) is 14.4. The van der Waals surface area contributed by atoms with Crippen molar-refractivity contribution < 1.29 is 14.3 Å². The van der Waals surface area contributed by atoms with Crippen LogP contribution in [0.2, 0.25) is 0 Å². The number of aromatic nitrogens is 2. The minimum Gasteiger partial charge on any atom is -0.454 e. The van der Waals surface area contributed by atoms with E-state index in [1.54, 1.807) is 24.5 Å². The predicted octanol–water partition coefficient (Wildman–Crippen LogP) is 1.65. The van der Waals surface area contributed by atoms with E-state index in [0.29, 0.717) is 30.2 Å². The van der Waals surface area contributed by atoms with Gasteiger partial charge in [0.2, 0.25) is 6.79 Å². The summed E-state index contributed by atoms with van der Waals surface area (Å²) < 4.78 is 10.5. The molecule has 0 unspecified atom stereocenters. The Hall–Kier alpha value is -3.03. The summed E-state index contributed by atoms with van der Waals surface area (Å²) in [4.78, 5) is 23.0. The van der Waals surface area contributed by atoms with Gasteiger partial charge in [-0.3, -0.25) is 4.79 Å². The van der Waals surface area contributed by atoms with Crippen LogP contribution in [0.1, 0.15) is 23.2 Å². The van der Waals surface area contributed by atoms with E-state index in [1.165, 1.54) is 12.8 Å². The highest BCUT2D eigenvalue weighted by molar-refractivity contribution is 5.94. The van der Waals surface area contributed by atoms with Crippen molar-refractivity contribution in [3.8, 4) is 11.5 Å². The van der Waals surface area contributed by atoms with Crippen LogP contribution in [-0.4, -0.2) is 48.8 Å². The molecule has 0 atom stereocenters. The number of benzene rings is 1. The molecule has 2 aliphatic rings. The van der Waals surface area contributed by atoms with E-state index in [0.717, 1.165) is 24.7 Å². The highest BCUT2D eigenvalue weighted by Gasteiger charge is 2.16. The SMILES string of the molecule is O=C(NCCNc1cc(N2CCCC2)ncn1)c1ccc2c(c1)OCO2. The Morgan fingerprint density at radius 1 is 1.08 bits per heavy atom. The lowest BCUT2D eigenvalue weighted by molar-refractivity contribution is 0.0954. The van der Waals surface area contributed by atoms with Gasteiger partial charge in [0.15, 0.2) is 11.5 Å². The standard InChI is InChI=1S/C18H21N5O3/c24-18(13-3-4-14-15(9-13)26-12-25-14)20-6-5-19-16-10-17(22-11-21-16)23-7-1-2-8-23/h3-4,9-11H,1-2,5-8,12H2,(H,20,24)(H,19,21,22). The second-order valence-electron chi connectivity index (χ2n) is 6.21. The van der Waals surface area contributed by atoms with Gasteiger partial charge in [0.05, 0.1) is 0 Å². The maximum absolute atomic E-state index is 12.2. The number of hydrogen-bond donors (Lipinski definition) is 2. The highest BCUT2D eigenvalue weighted by atomic mass is 16.7. The summed E-state index contributed by atoms with van der Waals surface area (Å²) in [6.07, 6.45) is 3.98. The van der Waals surface area contributed by atoms with Gasteiger partial charge in [-0.1, -0.05) is 0 Å². The number of anilines is 2. The number of rotatable bonds is 6. The Bertz CT molecular complexity index is 792. The van der Waals surface area contributed by atoms with Gasteiger partial charge < -0.3 is 25.0 Å². The molecule has 2 aromatic rings. The van der Waals surface area contributed by atoms with Gasteiger partial charge in [-0.15, -0.1) is 0 Å². The van der Waals surface area contributed by atoms with Crippen LogP contribution in [0, 0.1) is 0 Å². The van der Waals surface area contributed by atoms with Crippen molar-refractivity contribution in [1.29, 1.82) is 0 Å². The lowest BCUT2D eigenvalue weighted by atomic mass is 10.2. The van der Waals surface area contributed by atoms with Crippen LogP contribution in [0.25, 0.3) is 0 Å². The predicted molar refractivity (Wildman–Crippen MR) is 96.9 cm³/mol. The minimum absolute atomic E-state index is 0.148.